The minimum Gasteiger partial charge on any atom is -0.449 e. The van der Waals surface area contributed by atoms with E-state index in [4.69, 9.17) is 10.00 Å². The number of rotatable bonds is 5. The van der Waals surface area contributed by atoms with E-state index in [-0.39, 0.29) is 0 Å². The Labute approximate surface area is 144 Å². The standard InChI is InChI=1S/C18H16N2O3S/c1-12-4-3-5-14(10-12)6-7-16(21)23-13(2)17(22)20-18-15(11-19)8-9-24-18/h3-10,13H,1-2H3,(H,20,22)/b7-6+/t13-/m1/s1. The highest BCUT2D eigenvalue weighted by Crippen LogP contribution is 2.22. The van der Waals surface area contributed by atoms with Gasteiger partial charge in [0.05, 0.1) is 5.56 Å². The lowest BCUT2D eigenvalue weighted by Gasteiger charge is -2.11. The number of amides is 1. The first-order valence-electron chi connectivity index (χ1n) is 7.23. The third kappa shape index (κ3) is 4.80. The van der Waals surface area contributed by atoms with Crippen molar-refractivity contribution in [3.63, 3.8) is 0 Å². The van der Waals surface area contributed by atoms with Gasteiger partial charge in [-0.05, 0) is 36.9 Å². The van der Waals surface area contributed by atoms with Gasteiger partial charge in [-0.15, -0.1) is 11.3 Å². The van der Waals surface area contributed by atoms with Gasteiger partial charge in [-0.3, -0.25) is 4.79 Å². The number of anilines is 1. The zero-order valence-electron chi connectivity index (χ0n) is 13.3. The zero-order chi connectivity index (χ0) is 17.5. The number of carbonyl (C=O) groups is 2. The van der Waals surface area contributed by atoms with Gasteiger partial charge in [0.1, 0.15) is 11.1 Å². The number of aryl methyl sites for hydroxylation is 1. The van der Waals surface area contributed by atoms with E-state index in [0.717, 1.165) is 11.1 Å². The molecule has 0 aliphatic rings. The third-order valence-electron chi connectivity index (χ3n) is 3.14. The molecule has 1 aromatic carbocycles. The smallest absolute Gasteiger partial charge is 0.331 e. The van der Waals surface area contributed by atoms with Gasteiger partial charge in [-0.25, -0.2) is 4.79 Å². The predicted molar refractivity (Wildman–Crippen MR) is 93.4 cm³/mol. The summed E-state index contributed by atoms with van der Waals surface area (Å²) < 4.78 is 5.07. The summed E-state index contributed by atoms with van der Waals surface area (Å²) in [6.07, 6.45) is 1.95. The molecule has 5 nitrogen and oxygen atoms in total. The fourth-order valence-electron chi connectivity index (χ4n) is 1.91. The van der Waals surface area contributed by atoms with Crippen molar-refractivity contribution in [2.24, 2.45) is 0 Å². The molecule has 1 amide bonds. The molecule has 6 heteroatoms. The second-order valence-corrected chi connectivity index (χ2v) is 6.01. The third-order valence-corrected chi connectivity index (χ3v) is 3.97. The van der Waals surface area contributed by atoms with Crippen molar-refractivity contribution in [1.29, 1.82) is 5.26 Å². The molecule has 1 N–H and O–H groups in total. The fourth-order valence-corrected chi connectivity index (χ4v) is 2.65. The van der Waals surface area contributed by atoms with Gasteiger partial charge in [-0.1, -0.05) is 29.8 Å². The molecule has 122 valence electrons. The number of nitriles is 1. The number of nitrogens with zero attached hydrogens (tertiary/aromatic N) is 1. The van der Waals surface area contributed by atoms with E-state index in [9.17, 15) is 9.59 Å². The zero-order valence-corrected chi connectivity index (χ0v) is 14.1. The van der Waals surface area contributed by atoms with Crippen LogP contribution in [0.25, 0.3) is 6.08 Å². The maximum absolute atomic E-state index is 12.0. The normalized spacial score (nSPS) is 11.7. The maximum atomic E-state index is 12.0. The lowest BCUT2D eigenvalue weighted by atomic mass is 10.1. The van der Waals surface area contributed by atoms with Crippen molar-refractivity contribution in [2.45, 2.75) is 20.0 Å². The lowest BCUT2D eigenvalue weighted by molar-refractivity contribution is -0.148. The van der Waals surface area contributed by atoms with Crippen LogP contribution in [0.2, 0.25) is 0 Å². The lowest BCUT2D eigenvalue weighted by Crippen LogP contribution is -2.29. The van der Waals surface area contributed by atoms with Gasteiger partial charge in [-0.2, -0.15) is 5.26 Å². The minimum atomic E-state index is -0.965. The SMILES string of the molecule is Cc1cccc(/C=C/C(=O)O[C@H](C)C(=O)Nc2sccc2C#N)c1. The van der Waals surface area contributed by atoms with Crippen molar-refractivity contribution < 1.29 is 14.3 Å². The van der Waals surface area contributed by atoms with Gasteiger partial charge in [0.2, 0.25) is 0 Å². The topological polar surface area (TPSA) is 79.2 Å². The van der Waals surface area contributed by atoms with Gasteiger partial charge in [0.25, 0.3) is 5.91 Å². The number of hydrogen-bond donors (Lipinski definition) is 1. The molecule has 0 aliphatic heterocycles. The number of nitrogens with one attached hydrogen (secondary N) is 1. The average molecular weight is 340 g/mol. The molecule has 1 heterocycles. The van der Waals surface area contributed by atoms with Crippen LogP contribution in [0.15, 0.2) is 41.8 Å². The Kier molecular flexibility index (Phi) is 5.88. The highest BCUT2D eigenvalue weighted by Gasteiger charge is 2.18. The second-order valence-electron chi connectivity index (χ2n) is 5.09. The summed E-state index contributed by atoms with van der Waals surface area (Å²) in [5, 5.41) is 13.6. The van der Waals surface area contributed by atoms with Crippen LogP contribution >= 0.6 is 11.3 Å². The molecule has 0 spiro atoms. The molecule has 1 atom stereocenters. The van der Waals surface area contributed by atoms with E-state index in [1.54, 1.807) is 17.5 Å². The minimum absolute atomic E-state index is 0.381. The van der Waals surface area contributed by atoms with Crippen molar-refractivity contribution in [3.05, 3.63) is 58.5 Å². The maximum Gasteiger partial charge on any atom is 0.331 e. The summed E-state index contributed by atoms with van der Waals surface area (Å²) in [4.78, 5) is 23.8. The van der Waals surface area contributed by atoms with E-state index < -0.39 is 18.0 Å². The number of carbonyl (C=O) groups excluding carboxylic acids is 2. The summed E-state index contributed by atoms with van der Waals surface area (Å²) in [6.45, 7) is 3.44. The highest BCUT2D eigenvalue weighted by molar-refractivity contribution is 7.14. The number of esters is 1. The van der Waals surface area contributed by atoms with E-state index in [2.05, 4.69) is 5.32 Å². The summed E-state index contributed by atoms with van der Waals surface area (Å²) in [6, 6.07) is 11.2. The molecule has 0 unspecified atom stereocenters. The Hall–Kier alpha value is -2.91. The van der Waals surface area contributed by atoms with E-state index in [0.29, 0.717) is 10.6 Å². The van der Waals surface area contributed by atoms with Gasteiger partial charge in [0.15, 0.2) is 6.10 Å². The molecule has 0 aliphatic carbocycles. The van der Waals surface area contributed by atoms with E-state index >= 15 is 0 Å². The first-order valence-corrected chi connectivity index (χ1v) is 8.11. The summed E-state index contributed by atoms with van der Waals surface area (Å²) in [5.41, 5.74) is 2.34. The molecule has 24 heavy (non-hydrogen) atoms. The van der Waals surface area contributed by atoms with Crippen molar-refractivity contribution in [2.75, 3.05) is 5.32 Å². The average Bonchev–Trinajstić information content (AvgIpc) is 3.00. The number of hydrogen-bond acceptors (Lipinski definition) is 5. The summed E-state index contributed by atoms with van der Waals surface area (Å²) >= 11 is 1.24. The van der Waals surface area contributed by atoms with Crippen molar-refractivity contribution in [3.8, 4) is 6.07 Å². The van der Waals surface area contributed by atoms with Crippen LogP contribution in [0.3, 0.4) is 0 Å². The van der Waals surface area contributed by atoms with Gasteiger partial charge in [0, 0.05) is 6.08 Å². The fraction of sp³-hybridized carbons (Fsp3) is 0.167. The molecule has 1 aromatic heterocycles. The molecular weight excluding hydrogens is 324 g/mol. The monoisotopic (exact) mass is 340 g/mol. The predicted octanol–water partition coefficient (Wildman–Crippen LogP) is 3.51. The van der Waals surface area contributed by atoms with Crippen LogP contribution in [0.1, 0.15) is 23.6 Å². The van der Waals surface area contributed by atoms with E-state index in [1.807, 2.05) is 37.3 Å². The first kappa shape index (κ1) is 17.4. The van der Waals surface area contributed by atoms with Crippen molar-refractivity contribution in [1.82, 2.24) is 0 Å². The highest BCUT2D eigenvalue weighted by atomic mass is 32.1. The molecule has 0 saturated heterocycles. The molecule has 0 fully saturated rings. The Morgan fingerprint density at radius 3 is 2.88 bits per heavy atom. The van der Waals surface area contributed by atoms with Gasteiger partial charge < -0.3 is 10.1 Å². The summed E-state index contributed by atoms with van der Waals surface area (Å²) in [7, 11) is 0. The molecular formula is C18H16N2O3S. The van der Waals surface area contributed by atoms with Crippen LogP contribution in [0.4, 0.5) is 5.00 Å². The van der Waals surface area contributed by atoms with Crippen LogP contribution in [-0.2, 0) is 14.3 Å². The Morgan fingerprint density at radius 1 is 1.38 bits per heavy atom. The molecule has 0 bridgehead atoms. The number of thiophene rings is 1. The van der Waals surface area contributed by atoms with E-state index in [1.165, 1.54) is 24.3 Å². The van der Waals surface area contributed by atoms with Crippen LogP contribution < -0.4 is 5.32 Å². The van der Waals surface area contributed by atoms with Crippen LogP contribution in [-0.4, -0.2) is 18.0 Å². The largest absolute Gasteiger partial charge is 0.449 e. The summed E-state index contributed by atoms with van der Waals surface area (Å²) in [5.74, 6) is -1.09. The Balaban J connectivity index is 1.91. The molecule has 0 radical (unpaired) electrons. The number of benzene rings is 1. The van der Waals surface area contributed by atoms with Gasteiger partial charge >= 0.3 is 5.97 Å². The Bertz CT molecular complexity index is 818. The molecule has 2 rings (SSSR count). The Morgan fingerprint density at radius 2 is 2.17 bits per heavy atom. The quantitative estimate of drug-likeness (QED) is 0.667. The van der Waals surface area contributed by atoms with Crippen LogP contribution in [0, 0.1) is 18.3 Å². The first-order chi connectivity index (χ1) is 11.5. The second kappa shape index (κ2) is 8.09. The van der Waals surface area contributed by atoms with Crippen molar-refractivity contribution >= 4 is 34.3 Å². The number of ether oxygens (including phenoxy) is 1. The molecule has 2 aromatic rings. The van der Waals surface area contributed by atoms with Crippen LogP contribution in [0.5, 0.6) is 0 Å². The molecule has 0 saturated carbocycles.